The summed E-state index contributed by atoms with van der Waals surface area (Å²) < 4.78 is 0. The van der Waals surface area contributed by atoms with Gasteiger partial charge < -0.3 is 10.0 Å². The first-order valence-electron chi connectivity index (χ1n) is 7.57. The number of nitrogens with zero attached hydrogens (tertiary/aromatic N) is 2. The summed E-state index contributed by atoms with van der Waals surface area (Å²) in [5, 5.41) is 9.26. The van der Waals surface area contributed by atoms with Crippen LogP contribution in [0, 0.1) is 0 Å². The molecule has 0 aromatic heterocycles. The highest BCUT2D eigenvalue weighted by Gasteiger charge is 2.19. The van der Waals surface area contributed by atoms with Gasteiger partial charge in [-0.3, -0.25) is 4.90 Å². The van der Waals surface area contributed by atoms with Crippen LogP contribution in [0.3, 0.4) is 0 Å². The Labute approximate surface area is 130 Å². The monoisotopic (exact) mass is 296 g/mol. The van der Waals surface area contributed by atoms with Gasteiger partial charge in [-0.15, -0.1) is 0 Å². The highest BCUT2D eigenvalue weighted by molar-refractivity contribution is 5.89. The summed E-state index contributed by atoms with van der Waals surface area (Å²) in [6.07, 6.45) is 0. The predicted molar refractivity (Wildman–Crippen MR) is 87.3 cm³/mol. The number of hydrogen-bond acceptors (Lipinski definition) is 3. The van der Waals surface area contributed by atoms with Crippen molar-refractivity contribution in [1.82, 2.24) is 4.90 Å². The first kappa shape index (κ1) is 14.6. The van der Waals surface area contributed by atoms with Gasteiger partial charge in [0.1, 0.15) is 0 Å². The topological polar surface area (TPSA) is 43.8 Å². The van der Waals surface area contributed by atoms with Gasteiger partial charge in [-0.1, -0.05) is 36.4 Å². The molecule has 3 rings (SSSR count). The molecule has 4 heteroatoms. The van der Waals surface area contributed by atoms with E-state index in [-0.39, 0.29) is 0 Å². The molecule has 114 valence electrons. The summed E-state index contributed by atoms with van der Waals surface area (Å²) in [5.41, 5.74) is 2.56. The van der Waals surface area contributed by atoms with Crippen molar-refractivity contribution in [2.24, 2.45) is 0 Å². The fraction of sp³-hybridized carbons (Fsp3) is 0.278. The van der Waals surface area contributed by atoms with E-state index in [0.717, 1.165) is 31.7 Å². The SMILES string of the molecule is O=C(O)c1ccccc1CN1CCN(c2ccccc2)CC1. The molecule has 0 unspecified atom stereocenters. The Kier molecular flexibility index (Phi) is 4.39. The second-order valence-corrected chi connectivity index (χ2v) is 5.56. The van der Waals surface area contributed by atoms with Crippen LogP contribution in [0.25, 0.3) is 0 Å². The summed E-state index contributed by atoms with van der Waals surface area (Å²) in [6, 6.07) is 17.7. The van der Waals surface area contributed by atoms with Crippen molar-refractivity contribution >= 4 is 11.7 Å². The predicted octanol–water partition coefficient (Wildman–Crippen LogP) is 2.71. The van der Waals surface area contributed by atoms with Gasteiger partial charge in [-0.2, -0.15) is 0 Å². The van der Waals surface area contributed by atoms with E-state index in [1.165, 1.54) is 5.69 Å². The lowest BCUT2D eigenvalue weighted by Gasteiger charge is -2.36. The number of aromatic carboxylic acids is 1. The van der Waals surface area contributed by atoms with E-state index in [4.69, 9.17) is 0 Å². The third-order valence-corrected chi connectivity index (χ3v) is 4.14. The molecular formula is C18H20N2O2. The fourth-order valence-electron chi connectivity index (χ4n) is 2.91. The molecule has 2 aromatic rings. The van der Waals surface area contributed by atoms with Gasteiger partial charge in [-0.25, -0.2) is 4.79 Å². The quantitative estimate of drug-likeness (QED) is 0.942. The van der Waals surface area contributed by atoms with Gasteiger partial charge in [0, 0.05) is 38.4 Å². The van der Waals surface area contributed by atoms with Crippen LogP contribution >= 0.6 is 0 Å². The van der Waals surface area contributed by atoms with E-state index in [1.54, 1.807) is 12.1 Å². The second-order valence-electron chi connectivity index (χ2n) is 5.56. The molecule has 1 aliphatic rings. The zero-order valence-corrected chi connectivity index (χ0v) is 12.5. The van der Waals surface area contributed by atoms with Crippen molar-refractivity contribution in [3.63, 3.8) is 0 Å². The Balaban J connectivity index is 1.62. The largest absolute Gasteiger partial charge is 0.478 e. The Hall–Kier alpha value is -2.33. The molecule has 1 saturated heterocycles. The minimum atomic E-state index is -0.849. The van der Waals surface area contributed by atoms with Crippen LogP contribution in [0.15, 0.2) is 54.6 Å². The lowest BCUT2D eigenvalue weighted by Crippen LogP contribution is -2.46. The number of hydrogen-bond donors (Lipinski definition) is 1. The van der Waals surface area contributed by atoms with Crippen molar-refractivity contribution in [3.05, 3.63) is 65.7 Å². The standard InChI is InChI=1S/C18H20N2O2/c21-18(22)17-9-5-4-6-15(17)14-19-10-12-20(13-11-19)16-7-2-1-3-8-16/h1-9H,10-14H2,(H,21,22). The maximum absolute atomic E-state index is 11.3. The highest BCUT2D eigenvalue weighted by atomic mass is 16.4. The number of anilines is 1. The first-order chi connectivity index (χ1) is 10.7. The van der Waals surface area contributed by atoms with Gasteiger partial charge in [0.2, 0.25) is 0 Å². The van der Waals surface area contributed by atoms with Crippen molar-refractivity contribution in [1.29, 1.82) is 0 Å². The van der Waals surface area contributed by atoms with Crippen LogP contribution in [0.2, 0.25) is 0 Å². The third-order valence-electron chi connectivity index (χ3n) is 4.14. The number of rotatable bonds is 4. The molecule has 0 spiro atoms. The fourth-order valence-corrected chi connectivity index (χ4v) is 2.91. The number of para-hydroxylation sites is 1. The highest BCUT2D eigenvalue weighted by Crippen LogP contribution is 2.18. The molecule has 0 amide bonds. The van der Waals surface area contributed by atoms with E-state index in [0.29, 0.717) is 12.1 Å². The number of carboxylic acids is 1. The Morgan fingerprint density at radius 2 is 1.55 bits per heavy atom. The molecule has 0 bridgehead atoms. The second kappa shape index (κ2) is 6.62. The summed E-state index contributed by atoms with van der Waals surface area (Å²) in [4.78, 5) is 16.0. The van der Waals surface area contributed by atoms with Gasteiger partial charge >= 0.3 is 5.97 Å². The summed E-state index contributed by atoms with van der Waals surface area (Å²) in [6.45, 7) is 4.54. The molecule has 0 radical (unpaired) electrons. The summed E-state index contributed by atoms with van der Waals surface area (Å²) in [5.74, 6) is -0.849. The van der Waals surface area contributed by atoms with Crippen molar-refractivity contribution in [2.45, 2.75) is 6.54 Å². The van der Waals surface area contributed by atoms with Crippen LogP contribution in [0.5, 0.6) is 0 Å². The van der Waals surface area contributed by atoms with E-state index in [2.05, 4.69) is 34.1 Å². The van der Waals surface area contributed by atoms with Crippen LogP contribution in [0.4, 0.5) is 5.69 Å². The molecule has 0 aliphatic carbocycles. The average molecular weight is 296 g/mol. The van der Waals surface area contributed by atoms with E-state index in [1.807, 2.05) is 18.2 Å². The van der Waals surface area contributed by atoms with E-state index in [9.17, 15) is 9.90 Å². The molecule has 1 aliphatic heterocycles. The number of carboxylic acid groups (broad SMARTS) is 1. The number of benzene rings is 2. The van der Waals surface area contributed by atoms with Crippen molar-refractivity contribution < 1.29 is 9.90 Å². The average Bonchev–Trinajstić information content (AvgIpc) is 2.57. The van der Waals surface area contributed by atoms with E-state index < -0.39 is 5.97 Å². The first-order valence-corrected chi connectivity index (χ1v) is 7.57. The zero-order chi connectivity index (χ0) is 15.4. The molecule has 1 fully saturated rings. The molecule has 4 nitrogen and oxygen atoms in total. The lowest BCUT2D eigenvalue weighted by molar-refractivity contribution is 0.0694. The molecule has 1 N–H and O–H groups in total. The van der Waals surface area contributed by atoms with Gasteiger partial charge in [-0.05, 0) is 23.8 Å². The maximum Gasteiger partial charge on any atom is 0.336 e. The molecule has 22 heavy (non-hydrogen) atoms. The molecule has 0 saturated carbocycles. The zero-order valence-electron chi connectivity index (χ0n) is 12.5. The molecular weight excluding hydrogens is 276 g/mol. The van der Waals surface area contributed by atoms with Crippen LogP contribution in [0.1, 0.15) is 15.9 Å². The maximum atomic E-state index is 11.3. The number of piperazine rings is 1. The Morgan fingerprint density at radius 1 is 0.909 bits per heavy atom. The van der Waals surface area contributed by atoms with E-state index >= 15 is 0 Å². The normalized spacial score (nSPS) is 15.7. The third kappa shape index (κ3) is 3.28. The van der Waals surface area contributed by atoms with Crippen molar-refractivity contribution in [3.8, 4) is 0 Å². The van der Waals surface area contributed by atoms with Crippen LogP contribution < -0.4 is 4.90 Å². The Morgan fingerprint density at radius 3 is 2.23 bits per heavy atom. The molecule has 0 atom stereocenters. The minimum absolute atomic E-state index is 0.410. The lowest BCUT2D eigenvalue weighted by atomic mass is 10.1. The van der Waals surface area contributed by atoms with Crippen LogP contribution in [-0.2, 0) is 6.54 Å². The van der Waals surface area contributed by atoms with Crippen LogP contribution in [-0.4, -0.2) is 42.2 Å². The molecule has 2 aromatic carbocycles. The summed E-state index contributed by atoms with van der Waals surface area (Å²) in [7, 11) is 0. The van der Waals surface area contributed by atoms with Crippen molar-refractivity contribution in [2.75, 3.05) is 31.1 Å². The number of carbonyl (C=O) groups is 1. The van der Waals surface area contributed by atoms with Gasteiger partial charge in [0.05, 0.1) is 5.56 Å². The smallest absolute Gasteiger partial charge is 0.336 e. The Bertz CT molecular complexity index is 635. The minimum Gasteiger partial charge on any atom is -0.478 e. The summed E-state index contributed by atoms with van der Waals surface area (Å²) >= 11 is 0. The molecule has 1 heterocycles. The van der Waals surface area contributed by atoms with Gasteiger partial charge in [0.25, 0.3) is 0 Å². The van der Waals surface area contributed by atoms with Gasteiger partial charge in [0.15, 0.2) is 0 Å².